The summed E-state index contributed by atoms with van der Waals surface area (Å²) in [5.41, 5.74) is -0.293. The summed E-state index contributed by atoms with van der Waals surface area (Å²) in [6.07, 6.45) is 7.31. The maximum Gasteiger partial charge on any atom is 0.106 e. The second-order valence-electron chi connectivity index (χ2n) is 5.73. The van der Waals surface area contributed by atoms with Crippen molar-refractivity contribution in [2.45, 2.75) is 57.0 Å². The van der Waals surface area contributed by atoms with Crippen molar-refractivity contribution in [2.24, 2.45) is 5.92 Å². The zero-order valence-corrected chi connectivity index (χ0v) is 11.2. The Bertz CT molecular complexity index is 290. The molecule has 2 bridgehead atoms. The number of piperidine rings is 1. The average Bonchev–Trinajstić information content (AvgIpc) is 2.97. The number of nitrogens with zero attached hydrogens (tertiary/aromatic N) is 2. The monoisotopic (exact) mass is 235 g/mol. The molecule has 0 aromatic carbocycles. The van der Waals surface area contributed by atoms with E-state index in [1.54, 1.807) is 0 Å². The molecule has 1 heterocycles. The van der Waals surface area contributed by atoms with Gasteiger partial charge in [-0.2, -0.15) is 5.26 Å². The summed E-state index contributed by atoms with van der Waals surface area (Å²) in [5.74, 6) is 0.983. The fourth-order valence-electron chi connectivity index (χ4n) is 3.55. The van der Waals surface area contributed by atoms with Crippen LogP contribution >= 0.6 is 0 Å². The van der Waals surface area contributed by atoms with Crippen molar-refractivity contribution in [3.8, 4) is 6.07 Å². The van der Waals surface area contributed by atoms with E-state index in [4.69, 9.17) is 0 Å². The highest BCUT2D eigenvalue weighted by Crippen LogP contribution is 2.37. The van der Waals surface area contributed by atoms with Gasteiger partial charge in [0.2, 0.25) is 0 Å². The highest BCUT2D eigenvalue weighted by Gasteiger charge is 2.37. The molecule has 0 spiro atoms. The third kappa shape index (κ3) is 2.64. The second kappa shape index (κ2) is 5.37. The zero-order valence-electron chi connectivity index (χ0n) is 11.2. The highest BCUT2D eigenvalue weighted by atomic mass is 15.2. The maximum absolute atomic E-state index is 9.25. The molecule has 3 atom stereocenters. The lowest BCUT2D eigenvalue weighted by Gasteiger charge is -2.29. The van der Waals surface area contributed by atoms with Crippen LogP contribution in [0.25, 0.3) is 0 Å². The van der Waals surface area contributed by atoms with E-state index in [0.717, 1.165) is 31.2 Å². The number of rotatable bonds is 6. The van der Waals surface area contributed by atoms with Gasteiger partial charge in [-0.1, -0.05) is 6.92 Å². The molecule has 2 rings (SSSR count). The molecule has 1 aliphatic heterocycles. The van der Waals surface area contributed by atoms with Gasteiger partial charge in [-0.25, -0.2) is 0 Å². The van der Waals surface area contributed by atoms with Gasteiger partial charge in [-0.05, 0) is 58.0 Å². The van der Waals surface area contributed by atoms with Gasteiger partial charge in [0.05, 0.1) is 6.07 Å². The lowest BCUT2D eigenvalue weighted by Crippen LogP contribution is -2.42. The predicted octanol–water partition coefficient (Wildman–Crippen LogP) is 2.14. The summed E-state index contributed by atoms with van der Waals surface area (Å²) in [5, 5.41) is 12.4. The highest BCUT2D eigenvalue weighted by molar-refractivity contribution is 5.05. The fraction of sp³-hybridized carbons (Fsp3) is 0.929. The number of hydrogen-bond acceptors (Lipinski definition) is 3. The Morgan fingerprint density at radius 3 is 2.76 bits per heavy atom. The molecule has 1 saturated carbocycles. The Balaban J connectivity index is 1.74. The van der Waals surface area contributed by atoms with E-state index in [-0.39, 0.29) is 5.54 Å². The molecule has 0 amide bonds. The molecule has 0 aromatic rings. The molecule has 3 heteroatoms. The summed E-state index contributed by atoms with van der Waals surface area (Å²) < 4.78 is 0. The van der Waals surface area contributed by atoms with E-state index in [1.165, 1.54) is 32.4 Å². The lowest BCUT2D eigenvalue weighted by atomic mass is 9.92. The normalized spacial score (nSPS) is 31.4. The van der Waals surface area contributed by atoms with E-state index in [1.807, 2.05) is 7.05 Å². The number of nitrogens with one attached hydrogen (secondary N) is 1. The predicted molar refractivity (Wildman–Crippen MR) is 69.6 cm³/mol. The minimum atomic E-state index is -0.293. The molecule has 1 aliphatic carbocycles. The summed E-state index contributed by atoms with van der Waals surface area (Å²) in [7, 11) is 1.91. The molecule has 3 nitrogen and oxygen atoms in total. The van der Waals surface area contributed by atoms with E-state index >= 15 is 0 Å². The first kappa shape index (κ1) is 12.9. The van der Waals surface area contributed by atoms with Crippen molar-refractivity contribution >= 4 is 0 Å². The van der Waals surface area contributed by atoms with Crippen molar-refractivity contribution in [1.29, 1.82) is 5.26 Å². The molecule has 96 valence electrons. The molecular formula is C14H25N3. The zero-order chi connectivity index (χ0) is 12.3. The van der Waals surface area contributed by atoms with Crippen molar-refractivity contribution in [3.05, 3.63) is 0 Å². The first-order chi connectivity index (χ1) is 8.23. The first-order valence-corrected chi connectivity index (χ1v) is 7.07. The van der Waals surface area contributed by atoms with E-state index in [2.05, 4.69) is 23.2 Å². The molecule has 1 saturated heterocycles. The Hall–Kier alpha value is -0.590. The average molecular weight is 235 g/mol. The molecule has 17 heavy (non-hydrogen) atoms. The molecule has 3 unspecified atom stereocenters. The van der Waals surface area contributed by atoms with E-state index in [0.29, 0.717) is 0 Å². The summed E-state index contributed by atoms with van der Waals surface area (Å²) in [6.45, 7) is 4.60. The maximum atomic E-state index is 9.25. The van der Waals surface area contributed by atoms with E-state index < -0.39 is 0 Å². The number of hydrogen-bond donors (Lipinski definition) is 1. The fourth-order valence-corrected chi connectivity index (χ4v) is 3.55. The molecule has 1 N–H and O–H groups in total. The number of nitriles is 1. The Morgan fingerprint density at radius 1 is 1.47 bits per heavy atom. The van der Waals surface area contributed by atoms with Crippen LogP contribution in [0.15, 0.2) is 0 Å². The van der Waals surface area contributed by atoms with Gasteiger partial charge in [-0.3, -0.25) is 0 Å². The van der Waals surface area contributed by atoms with Crippen LogP contribution < -0.4 is 5.32 Å². The SMILES string of the molecule is CCC(C#N)(CCCN1CC2CCC1C2)NC. The molecule has 2 aliphatic rings. The largest absolute Gasteiger partial charge is 0.302 e. The van der Waals surface area contributed by atoms with Crippen LogP contribution in [0, 0.1) is 17.2 Å². The van der Waals surface area contributed by atoms with Crippen molar-refractivity contribution < 1.29 is 0 Å². The molecule has 0 radical (unpaired) electrons. The van der Waals surface area contributed by atoms with Crippen LogP contribution in [0.1, 0.15) is 45.4 Å². The van der Waals surface area contributed by atoms with Gasteiger partial charge in [-0.15, -0.1) is 0 Å². The van der Waals surface area contributed by atoms with Gasteiger partial charge in [0, 0.05) is 12.6 Å². The Kier molecular flexibility index (Phi) is 4.06. The Labute approximate surface area is 105 Å². The molecule has 2 fully saturated rings. The third-order valence-corrected chi connectivity index (χ3v) is 4.87. The topological polar surface area (TPSA) is 39.1 Å². The van der Waals surface area contributed by atoms with Crippen molar-refractivity contribution in [3.63, 3.8) is 0 Å². The van der Waals surface area contributed by atoms with Crippen molar-refractivity contribution in [1.82, 2.24) is 10.2 Å². The molecular weight excluding hydrogens is 210 g/mol. The van der Waals surface area contributed by atoms with E-state index in [9.17, 15) is 5.26 Å². The second-order valence-corrected chi connectivity index (χ2v) is 5.73. The van der Waals surface area contributed by atoms with Crippen LogP contribution in [0.3, 0.4) is 0 Å². The van der Waals surface area contributed by atoms with Crippen LogP contribution in [-0.4, -0.2) is 36.6 Å². The van der Waals surface area contributed by atoms with Gasteiger partial charge in [0.15, 0.2) is 0 Å². The molecule has 0 aromatic heterocycles. The standard InChI is InChI=1S/C14H25N3/c1-3-14(11-15,16-2)7-4-8-17-10-12-5-6-13(17)9-12/h12-13,16H,3-10H2,1-2H3. The first-order valence-electron chi connectivity index (χ1n) is 7.07. The number of fused-ring (bicyclic) bond motifs is 2. The van der Waals surface area contributed by atoms with Crippen LogP contribution in [0.5, 0.6) is 0 Å². The van der Waals surface area contributed by atoms with Gasteiger partial charge >= 0.3 is 0 Å². The van der Waals surface area contributed by atoms with Crippen molar-refractivity contribution in [2.75, 3.05) is 20.1 Å². The van der Waals surface area contributed by atoms with Gasteiger partial charge in [0.1, 0.15) is 5.54 Å². The smallest absolute Gasteiger partial charge is 0.106 e. The minimum Gasteiger partial charge on any atom is -0.302 e. The summed E-state index contributed by atoms with van der Waals surface area (Å²) in [4.78, 5) is 2.65. The number of likely N-dealkylation sites (tertiary alicyclic amines) is 1. The Morgan fingerprint density at radius 2 is 2.29 bits per heavy atom. The minimum absolute atomic E-state index is 0.293. The van der Waals surface area contributed by atoms with Crippen LogP contribution in [-0.2, 0) is 0 Å². The van der Waals surface area contributed by atoms with Gasteiger partial charge in [0.25, 0.3) is 0 Å². The summed E-state index contributed by atoms with van der Waals surface area (Å²) >= 11 is 0. The lowest BCUT2D eigenvalue weighted by molar-refractivity contribution is 0.203. The van der Waals surface area contributed by atoms with Gasteiger partial charge < -0.3 is 10.2 Å². The van der Waals surface area contributed by atoms with Crippen LogP contribution in [0.2, 0.25) is 0 Å². The summed E-state index contributed by atoms with van der Waals surface area (Å²) in [6, 6.07) is 3.31. The van der Waals surface area contributed by atoms with Crippen LogP contribution in [0.4, 0.5) is 0 Å². The quantitative estimate of drug-likeness (QED) is 0.766. The third-order valence-electron chi connectivity index (χ3n) is 4.87.